The first kappa shape index (κ1) is 18.5. The maximum Gasteiger partial charge on any atom is 0.374 e. The fourth-order valence-corrected chi connectivity index (χ4v) is 5.67. The van der Waals surface area contributed by atoms with E-state index >= 15 is 0 Å². The summed E-state index contributed by atoms with van der Waals surface area (Å²) in [6.45, 7) is 2.66. The van der Waals surface area contributed by atoms with E-state index in [-0.39, 0.29) is 6.42 Å². The van der Waals surface area contributed by atoms with Crippen molar-refractivity contribution < 1.29 is 33.5 Å². The Morgan fingerprint density at radius 1 is 1.14 bits per heavy atom. The highest BCUT2D eigenvalue weighted by Gasteiger charge is 2.65. The van der Waals surface area contributed by atoms with Gasteiger partial charge in [-0.15, -0.1) is 0 Å². The molecule has 0 aromatic carbocycles. The molecule has 0 saturated carbocycles. The lowest BCUT2D eigenvalue weighted by Crippen LogP contribution is -2.52. The van der Waals surface area contributed by atoms with Gasteiger partial charge < -0.3 is 19.8 Å². The summed E-state index contributed by atoms with van der Waals surface area (Å²) in [6, 6.07) is 3.75. The van der Waals surface area contributed by atoms with E-state index in [1.54, 1.807) is 18.2 Å². The molecule has 9 heteroatoms. The van der Waals surface area contributed by atoms with Crippen molar-refractivity contribution in [2.24, 2.45) is 0 Å². The Morgan fingerprint density at radius 2 is 1.67 bits per heavy atom. The molecule has 0 aliphatic carbocycles. The molecule has 0 amide bonds. The summed E-state index contributed by atoms with van der Waals surface area (Å²) in [6.07, 6.45) is 4.47. The number of hydrogen-bond donors (Lipinski definition) is 4. The van der Waals surface area contributed by atoms with Crippen LogP contribution in [0.4, 0.5) is 0 Å². The molecular weight excluding hydrogens is 316 g/mol. The first-order valence-corrected chi connectivity index (χ1v) is 10.3. The van der Waals surface area contributed by atoms with E-state index in [4.69, 9.17) is 0 Å². The first-order chi connectivity index (χ1) is 9.55. The second-order valence-electron chi connectivity index (χ2n) is 5.09. The van der Waals surface area contributed by atoms with Gasteiger partial charge in [0, 0.05) is 25.2 Å². The molecule has 0 bridgehead atoms. The Kier molecular flexibility index (Phi) is 5.90. The monoisotopic (exact) mass is 338 g/mol. The van der Waals surface area contributed by atoms with Crippen molar-refractivity contribution in [2.75, 3.05) is 6.66 Å². The van der Waals surface area contributed by atoms with Crippen LogP contribution in [-0.4, -0.2) is 31.5 Å². The van der Waals surface area contributed by atoms with Gasteiger partial charge in [-0.1, -0.05) is 19.4 Å². The van der Waals surface area contributed by atoms with E-state index < -0.39 is 26.1 Å². The zero-order chi connectivity index (χ0) is 16.3. The number of aromatic nitrogens is 1. The highest BCUT2D eigenvalue weighted by molar-refractivity contribution is 7.74. The molecule has 0 saturated heterocycles. The van der Waals surface area contributed by atoms with Crippen molar-refractivity contribution in [3.8, 4) is 0 Å². The molecule has 120 valence electrons. The summed E-state index contributed by atoms with van der Waals surface area (Å²) in [5, 5.41) is 7.51. The highest BCUT2D eigenvalue weighted by Crippen LogP contribution is 2.71. The van der Waals surface area contributed by atoms with Crippen molar-refractivity contribution in [3.05, 3.63) is 30.6 Å². The van der Waals surface area contributed by atoms with Crippen LogP contribution < -0.4 is 4.57 Å². The Hall–Kier alpha value is -0.550. The normalized spacial score (nSPS) is 19.5. The number of aliphatic hydroxyl groups is 1. The van der Waals surface area contributed by atoms with E-state index in [0.717, 1.165) is 13.1 Å². The van der Waals surface area contributed by atoms with Crippen LogP contribution in [0, 0.1) is 0 Å². The van der Waals surface area contributed by atoms with Crippen molar-refractivity contribution >= 4 is 15.0 Å². The van der Waals surface area contributed by atoms with E-state index in [2.05, 4.69) is 0 Å². The van der Waals surface area contributed by atoms with Crippen LogP contribution in [0.25, 0.3) is 0 Å². The predicted molar refractivity (Wildman–Crippen MR) is 77.9 cm³/mol. The van der Waals surface area contributed by atoms with Gasteiger partial charge in [0.05, 0.1) is 0 Å². The third-order valence-electron chi connectivity index (χ3n) is 3.42. The lowest BCUT2D eigenvalue weighted by Gasteiger charge is -2.34. The highest BCUT2D eigenvalue weighted by atomic mass is 31.2. The SMILES string of the molecule is CCCCC([n+]1ccccc1)C(O)(P(C)(=O)O)P(=O)(O)O. The smallest absolute Gasteiger partial charge is 0.364 e. The Labute approximate surface area is 123 Å². The first-order valence-electron chi connectivity index (χ1n) is 6.60. The lowest BCUT2D eigenvalue weighted by molar-refractivity contribution is -0.731. The standard InChI is InChI=1S/C12H21NO6P2/c1-3-4-8-11(13-9-6-5-7-10-13)12(14,20(2,15)16)21(17,18)19/h5-7,9-11,14H,3-4,8H2,1-2H3,(H2-,15,16,17,18,19)/p+1. The number of rotatable bonds is 7. The minimum Gasteiger partial charge on any atom is -0.364 e. The van der Waals surface area contributed by atoms with E-state index in [1.165, 1.54) is 17.0 Å². The molecule has 1 rings (SSSR count). The Bertz CT molecular complexity index is 530. The minimum absolute atomic E-state index is 0.172. The fourth-order valence-electron chi connectivity index (χ4n) is 2.27. The molecule has 1 aromatic heterocycles. The quantitative estimate of drug-likeness (QED) is 0.441. The van der Waals surface area contributed by atoms with E-state index in [1.807, 2.05) is 6.92 Å². The second-order valence-corrected chi connectivity index (χ2v) is 9.65. The molecule has 4 N–H and O–H groups in total. The third kappa shape index (κ3) is 3.81. The van der Waals surface area contributed by atoms with Gasteiger partial charge in [-0.05, 0) is 6.42 Å². The third-order valence-corrected chi connectivity index (χ3v) is 7.99. The minimum atomic E-state index is -5.25. The summed E-state index contributed by atoms with van der Waals surface area (Å²) < 4.78 is 25.2. The second kappa shape index (κ2) is 6.69. The molecule has 0 spiro atoms. The maximum atomic E-state index is 12.1. The summed E-state index contributed by atoms with van der Waals surface area (Å²) in [5.41, 5.74) is 0. The average Bonchev–Trinajstić information content (AvgIpc) is 2.37. The molecule has 0 aliphatic rings. The van der Waals surface area contributed by atoms with Gasteiger partial charge in [0.1, 0.15) is 0 Å². The van der Waals surface area contributed by atoms with Gasteiger partial charge in [0.25, 0.3) is 0 Å². The summed E-state index contributed by atoms with van der Waals surface area (Å²) in [7, 11) is -9.75. The van der Waals surface area contributed by atoms with Gasteiger partial charge in [-0.25, -0.2) is 0 Å². The summed E-state index contributed by atoms with van der Waals surface area (Å²) >= 11 is 0. The van der Waals surface area contributed by atoms with Crippen molar-refractivity contribution in [3.63, 3.8) is 0 Å². The van der Waals surface area contributed by atoms with Gasteiger partial charge in [-0.2, -0.15) is 4.57 Å². The van der Waals surface area contributed by atoms with Crippen LogP contribution in [0.2, 0.25) is 0 Å². The Morgan fingerprint density at radius 3 is 2.05 bits per heavy atom. The molecule has 0 aliphatic heterocycles. The number of pyridine rings is 1. The average molecular weight is 338 g/mol. The van der Waals surface area contributed by atoms with Crippen LogP contribution in [0.1, 0.15) is 32.2 Å². The number of nitrogens with zero attached hydrogens (tertiary/aromatic N) is 1. The molecular formula is C12H22NO6P2+. The molecule has 0 radical (unpaired) electrons. The fraction of sp³-hybridized carbons (Fsp3) is 0.583. The lowest BCUT2D eigenvalue weighted by atomic mass is 10.1. The maximum absolute atomic E-state index is 12.1. The zero-order valence-corrected chi connectivity index (χ0v) is 13.8. The largest absolute Gasteiger partial charge is 0.374 e. The van der Waals surface area contributed by atoms with Crippen LogP contribution in [0.3, 0.4) is 0 Å². The van der Waals surface area contributed by atoms with Crippen LogP contribution in [0.5, 0.6) is 0 Å². The Balaban J connectivity index is 3.46. The predicted octanol–water partition coefficient (Wildman–Crippen LogP) is 1.43. The summed E-state index contributed by atoms with van der Waals surface area (Å²) in [4.78, 5) is 28.8. The van der Waals surface area contributed by atoms with Gasteiger partial charge >= 0.3 is 12.7 Å². The van der Waals surface area contributed by atoms with E-state index in [9.17, 15) is 28.9 Å². The topological polar surface area (TPSA) is 119 Å². The van der Waals surface area contributed by atoms with Gasteiger partial charge in [-0.3, -0.25) is 9.13 Å². The summed E-state index contributed by atoms with van der Waals surface area (Å²) in [5.74, 6) is 0. The molecule has 3 atom stereocenters. The van der Waals surface area contributed by atoms with E-state index in [0.29, 0.717) is 6.42 Å². The molecule has 7 nitrogen and oxygen atoms in total. The molecule has 1 aromatic rings. The number of hydrogen-bond acceptors (Lipinski definition) is 3. The molecule has 21 heavy (non-hydrogen) atoms. The van der Waals surface area contributed by atoms with Gasteiger partial charge in [0.2, 0.25) is 13.4 Å². The van der Waals surface area contributed by atoms with Crippen LogP contribution in [0.15, 0.2) is 30.6 Å². The molecule has 0 fully saturated rings. The van der Waals surface area contributed by atoms with Crippen LogP contribution in [-0.2, 0) is 9.13 Å². The van der Waals surface area contributed by atoms with Crippen molar-refractivity contribution in [1.29, 1.82) is 0 Å². The van der Waals surface area contributed by atoms with Crippen molar-refractivity contribution in [2.45, 2.75) is 37.3 Å². The zero-order valence-electron chi connectivity index (χ0n) is 12.0. The molecule has 3 unspecified atom stereocenters. The van der Waals surface area contributed by atoms with Gasteiger partial charge in [0.15, 0.2) is 12.4 Å². The molecule has 1 heterocycles. The van der Waals surface area contributed by atoms with Crippen LogP contribution >= 0.6 is 15.0 Å². The number of unbranched alkanes of at least 4 members (excludes halogenated alkanes) is 1. The van der Waals surface area contributed by atoms with Crippen molar-refractivity contribution in [1.82, 2.24) is 0 Å².